The summed E-state index contributed by atoms with van der Waals surface area (Å²) in [7, 11) is 3.23. The first-order valence-corrected chi connectivity index (χ1v) is 8.10. The van der Waals surface area contributed by atoms with Gasteiger partial charge < -0.3 is 19.9 Å². The predicted octanol–water partition coefficient (Wildman–Crippen LogP) is 3.12. The molecule has 1 unspecified atom stereocenters. The number of carboxylic acid groups (broad SMARTS) is 1. The van der Waals surface area contributed by atoms with Gasteiger partial charge in [0.25, 0.3) is 0 Å². The van der Waals surface area contributed by atoms with Gasteiger partial charge >= 0.3 is 5.97 Å². The summed E-state index contributed by atoms with van der Waals surface area (Å²) in [5.74, 6) is 0.686. The fourth-order valence-corrected chi connectivity index (χ4v) is 2.68. The molecule has 0 aromatic heterocycles. The summed E-state index contributed by atoms with van der Waals surface area (Å²) in [6.45, 7) is 6.40. The molecule has 0 bridgehead atoms. The van der Waals surface area contributed by atoms with Gasteiger partial charge in [-0.25, -0.2) is 0 Å². The van der Waals surface area contributed by atoms with Gasteiger partial charge in [-0.2, -0.15) is 0 Å². The van der Waals surface area contributed by atoms with Crippen molar-refractivity contribution in [1.29, 1.82) is 0 Å². The molecule has 0 aliphatic heterocycles. The van der Waals surface area contributed by atoms with Gasteiger partial charge in [0, 0.05) is 12.6 Å². The maximum absolute atomic E-state index is 11.5. The minimum Gasteiger partial charge on any atom is -0.493 e. The molecular weight excluding hydrogens is 294 g/mol. The van der Waals surface area contributed by atoms with E-state index in [0.717, 1.165) is 12.0 Å². The van der Waals surface area contributed by atoms with Crippen LogP contribution >= 0.6 is 0 Å². The second-order valence-corrected chi connectivity index (χ2v) is 5.97. The molecule has 5 nitrogen and oxygen atoms in total. The van der Waals surface area contributed by atoms with Crippen LogP contribution in [0.1, 0.15) is 39.2 Å². The van der Waals surface area contributed by atoms with E-state index in [9.17, 15) is 9.90 Å². The van der Waals surface area contributed by atoms with E-state index in [4.69, 9.17) is 9.47 Å². The van der Waals surface area contributed by atoms with Crippen molar-refractivity contribution < 1.29 is 19.4 Å². The van der Waals surface area contributed by atoms with Crippen LogP contribution in [0.3, 0.4) is 0 Å². The van der Waals surface area contributed by atoms with Crippen LogP contribution in [0, 0.1) is 5.41 Å². The van der Waals surface area contributed by atoms with E-state index in [1.54, 1.807) is 14.2 Å². The Labute approximate surface area is 139 Å². The highest BCUT2D eigenvalue weighted by atomic mass is 16.5. The molecular formula is C18H29NO4. The number of rotatable bonds is 10. The Morgan fingerprint density at radius 1 is 1.22 bits per heavy atom. The fraction of sp³-hybridized carbons (Fsp3) is 0.611. The molecule has 2 N–H and O–H groups in total. The Kier molecular flexibility index (Phi) is 7.36. The monoisotopic (exact) mass is 323 g/mol. The molecule has 0 heterocycles. The number of methoxy groups -OCH3 is 2. The van der Waals surface area contributed by atoms with Crippen molar-refractivity contribution in [3.05, 3.63) is 23.8 Å². The van der Waals surface area contributed by atoms with Crippen LogP contribution in [0.4, 0.5) is 0 Å². The highest BCUT2D eigenvalue weighted by Gasteiger charge is 2.34. The molecule has 1 rings (SSSR count). The van der Waals surface area contributed by atoms with Crippen molar-refractivity contribution in [2.45, 2.75) is 46.1 Å². The van der Waals surface area contributed by atoms with Gasteiger partial charge in [-0.1, -0.05) is 19.9 Å². The lowest BCUT2D eigenvalue weighted by Crippen LogP contribution is -2.43. The largest absolute Gasteiger partial charge is 0.493 e. The lowest BCUT2D eigenvalue weighted by Gasteiger charge is -2.29. The predicted molar refractivity (Wildman–Crippen MR) is 91.4 cm³/mol. The summed E-state index contributed by atoms with van der Waals surface area (Å²) in [6, 6.07) is 6.02. The molecule has 5 heteroatoms. The van der Waals surface area contributed by atoms with Crippen molar-refractivity contribution >= 4 is 5.97 Å². The second-order valence-electron chi connectivity index (χ2n) is 5.97. The highest BCUT2D eigenvalue weighted by Crippen LogP contribution is 2.28. The lowest BCUT2D eigenvalue weighted by molar-refractivity contribution is -0.149. The Morgan fingerprint density at radius 3 is 2.30 bits per heavy atom. The van der Waals surface area contributed by atoms with Gasteiger partial charge in [-0.05, 0) is 43.9 Å². The van der Waals surface area contributed by atoms with Crippen LogP contribution in [0.15, 0.2) is 18.2 Å². The quantitative estimate of drug-likeness (QED) is 0.692. The van der Waals surface area contributed by atoms with Crippen LogP contribution in [0.2, 0.25) is 0 Å². The molecule has 1 aromatic rings. The van der Waals surface area contributed by atoms with Crippen molar-refractivity contribution in [2.24, 2.45) is 5.41 Å². The molecule has 0 radical (unpaired) electrons. The molecule has 0 saturated heterocycles. The number of nitrogens with one attached hydrogen (secondary N) is 1. The van der Waals surface area contributed by atoms with E-state index in [-0.39, 0.29) is 6.04 Å². The minimum atomic E-state index is -0.728. The SMILES string of the molecule is CCC(CC)(CNC(C)Cc1ccc(OC)c(OC)c1)C(=O)O. The van der Waals surface area contributed by atoms with Gasteiger partial charge in [-0.3, -0.25) is 4.79 Å². The van der Waals surface area contributed by atoms with Crippen LogP contribution < -0.4 is 14.8 Å². The van der Waals surface area contributed by atoms with Gasteiger partial charge in [0.1, 0.15) is 0 Å². The Bertz CT molecular complexity index is 512. The Hall–Kier alpha value is -1.75. The maximum atomic E-state index is 11.5. The average molecular weight is 323 g/mol. The molecule has 1 atom stereocenters. The molecule has 0 spiro atoms. The van der Waals surface area contributed by atoms with Gasteiger partial charge in [0.15, 0.2) is 11.5 Å². The maximum Gasteiger partial charge on any atom is 0.310 e. The van der Waals surface area contributed by atoms with Crippen molar-refractivity contribution in [3.63, 3.8) is 0 Å². The first-order valence-electron chi connectivity index (χ1n) is 8.10. The van der Waals surface area contributed by atoms with Crippen LogP contribution in [0.5, 0.6) is 11.5 Å². The zero-order chi connectivity index (χ0) is 17.5. The van der Waals surface area contributed by atoms with Gasteiger partial charge in [0.2, 0.25) is 0 Å². The Morgan fingerprint density at radius 2 is 1.83 bits per heavy atom. The average Bonchev–Trinajstić information content (AvgIpc) is 2.55. The second kappa shape index (κ2) is 8.77. The van der Waals surface area contributed by atoms with Gasteiger partial charge in [0.05, 0.1) is 19.6 Å². The summed E-state index contributed by atoms with van der Waals surface area (Å²) in [4.78, 5) is 11.5. The lowest BCUT2D eigenvalue weighted by atomic mass is 9.82. The molecule has 0 aliphatic rings. The summed E-state index contributed by atoms with van der Waals surface area (Å²) < 4.78 is 10.6. The molecule has 0 aliphatic carbocycles. The number of aliphatic carboxylic acids is 1. The number of benzene rings is 1. The third-order valence-corrected chi connectivity index (χ3v) is 4.59. The Balaban J connectivity index is 2.70. The molecule has 0 amide bonds. The first kappa shape index (κ1) is 19.3. The summed E-state index contributed by atoms with van der Waals surface area (Å²) in [6.07, 6.45) is 2.04. The normalized spacial score (nSPS) is 12.7. The third-order valence-electron chi connectivity index (χ3n) is 4.59. The number of hydrogen-bond acceptors (Lipinski definition) is 4. The van der Waals surface area contributed by atoms with Crippen LogP contribution in [-0.4, -0.2) is 37.9 Å². The van der Waals surface area contributed by atoms with E-state index < -0.39 is 11.4 Å². The zero-order valence-corrected chi connectivity index (χ0v) is 14.8. The molecule has 0 fully saturated rings. The zero-order valence-electron chi connectivity index (χ0n) is 14.8. The first-order chi connectivity index (χ1) is 10.9. The van der Waals surface area contributed by atoms with E-state index >= 15 is 0 Å². The van der Waals surface area contributed by atoms with Crippen molar-refractivity contribution in [1.82, 2.24) is 5.32 Å². The molecule has 23 heavy (non-hydrogen) atoms. The van der Waals surface area contributed by atoms with E-state index in [1.165, 1.54) is 0 Å². The standard InChI is InChI=1S/C18H29NO4/c1-6-18(7-2,17(20)21)12-19-13(3)10-14-8-9-15(22-4)16(11-14)23-5/h8-9,11,13,19H,6-7,10,12H2,1-5H3,(H,20,21). The number of carboxylic acids is 1. The molecule has 130 valence electrons. The smallest absolute Gasteiger partial charge is 0.310 e. The third kappa shape index (κ3) is 4.86. The molecule has 1 aromatic carbocycles. The molecule has 0 saturated carbocycles. The van der Waals surface area contributed by atoms with Crippen LogP contribution in [-0.2, 0) is 11.2 Å². The number of hydrogen-bond donors (Lipinski definition) is 2. The summed E-state index contributed by atoms with van der Waals surface area (Å²) >= 11 is 0. The van der Waals surface area contributed by atoms with E-state index in [0.29, 0.717) is 30.9 Å². The summed E-state index contributed by atoms with van der Waals surface area (Å²) in [5, 5.41) is 12.9. The number of ether oxygens (including phenoxy) is 2. The van der Waals surface area contributed by atoms with Gasteiger partial charge in [-0.15, -0.1) is 0 Å². The highest BCUT2D eigenvalue weighted by molar-refractivity contribution is 5.74. The van der Waals surface area contributed by atoms with E-state index in [2.05, 4.69) is 12.2 Å². The van der Waals surface area contributed by atoms with Crippen molar-refractivity contribution in [2.75, 3.05) is 20.8 Å². The van der Waals surface area contributed by atoms with E-state index in [1.807, 2.05) is 32.0 Å². The topological polar surface area (TPSA) is 67.8 Å². The number of carbonyl (C=O) groups is 1. The minimum absolute atomic E-state index is 0.171. The van der Waals surface area contributed by atoms with Crippen molar-refractivity contribution in [3.8, 4) is 11.5 Å². The fourth-order valence-electron chi connectivity index (χ4n) is 2.68. The summed E-state index contributed by atoms with van der Waals surface area (Å²) in [5.41, 5.74) is 0.433. The van der Waals surface area contributed by atoms with Crippen LogP contribution in [0.25, 0.3) is 0 Å².